The topological polar surface area (TPSA) is 116 Å². The molecule has 28 heavy (non-hydrogen) atoms. The van der Waals surface area contributed by atoms with Crippen LogP contribution in [0.1, 0.15) is 29.7 Å². The highest BCUT2D eigenvalue weighted by molar-refractivity contribution is 6.27. The predicted octanol–water partition coefficient (Wildman–Crippen LogP) is 2.55. The van der Waals surface area contributed by atoms with Crippen LogP contribution in [0.2, 0.25) is 0 Å². The van der Waals surface area contributed by atoms with Crippen LogP contribution in [-0.2, 0) is 9.59 Å². The van der Waals surface area contributed by atoms with Gasteiger partial charge in [0.05, 0.1) is 0 Å². The minimum Gasteiger partial charge on any atom is -0.491 e. The summed E-state index contributed by atoms with van der Waals surface area (Å²) in [5.74, 6) is -2.85. The van der Waals surface area contributed by atoms with Gasteiger partial charge in [-0.3, -0.25) is 0 Å². The molecule has 0 saturated carbocycles. The van der Waals surface area contributed by atoms with Gasteiger partial charge in [0.15, 0.2) is 0 Å². The molecule has 2 rings (SSSR count). The van der Waals surface area contributed by atoms with Crippen LogP contribution in [0.5, 0.6) is 5.75 Å². The van der Waals surface area contributed by atoms with Gasteiger partial charge in [-0.15, -0.1) is 0 Å². The van der Waals surface area contributed by atoms with E-state index in [0.29, 0.717) is 6.54 Å². The molecule has 4 N–H and O–H groups in total. The summed E-state index contributed by atoms with van der Waals surface area (Å²) in [6.07, 6.45) is -0.535. The first-order valence-corrected chi connectivity index (χ1v) is 8.83. The Balaban J connectivity index is 0.000000568. The molecular formula is C21H27NO6. The van der Waals surface area contributed by atoms with Crippen molar-refractivity contribution in [2.75, 3.05) is 13.2 Å². The lowest BCUT2D eigenvalue weighted by Crippen LogP contribution is -2.33. The largest absolute Gasteiger partial charge is 0.491 e. The van der Waals surface area contributed by atoms with Crippen LogP contribution in [0.3, 0.4) is 0 Å². The summed E-state index contributed by atoms with van der Waals surface area (Å²) < 4.78 is 5.62. The maximum absolute atomic E-state index is 10.1. The molecule has 0 heterocycles. The first kappa shape index (κ1) is 23.1. The molecule has 2 atom stereocenters. The maximum Gasteiger partial charge on any atom is 0.414 e. The quantitative estimate of drug-likeness (QED) is 0.538. The van der Waals surface area contributed by atoms with Gasteiger partial charge in [-0.1, -0.05) is 36.4 Å². The number of hydrogen-bond acceptors (Lipinski definition) is 5. The molecule has 0 amide bonds. The summed E-state index contributed by atoms with van der Waals surface area (Å²) in [5, 5.41) is 28.2. The van der Waals surface area contributed by atoms with Crippen molar-refractivity contribution >= 4 is 11.9 Å². The molecule has 2 aromatic carbocycles. The lowest BCUT2D eigenvalue weighted by atomic mass is 10.0. The van der Waals surface area contributed by atoms with Crippen molar-refractivity contribution in [1.82, 2.24) is 5.32 Å². The number of rotatable bonds is 7. The Morgan fingerprint density at radius 2 is 1.68 bits per heavy atom. The summed E-state index contributed by atoms with van der Waals surface area (Å²) in [6, 6.07) is 16.3. The first-order chi connectivity index (χ1) is 13.2. The van der Waals surface area contributed by atoms with Crippen LogP contribution in [0.25, 0.3) is 0 Å². The Bertz CT molecular complexity index is 765. The zero-order valence-corrected chi connectivity index (χ0v) is 16.3. The van der Waals surface area contributed by atoms with Gasteiger partial charge in [0.2, 0.25) is 0 Å². The van der Waals surface area contributed by atoms with Gasteiger partial charge in [-0.25, -0.2) is 9.59 Å². The van der Waals surface area contributed by atoms with Gasteiger partial charge in [0.1, 0.15) is 18.5 Å². The summed E-state index contributed by atoms with van der Waals surface area (Å²) in [5.41, 5.74) is 3.67. The smallest absolute Gasteiger partial charge is 0.414 e. The number of aliphatic hydroxyl groups excluding tert-OH is 1. The van der Waals surface area contributed by atoms with Gasteiger partial charge < -0.3 is 25.4 Å². The van der Waals surface area contributed by atoms with Crippen LogP contribution in [0.4, 0.5) is 0 Å². The Hall–Kier alpha value is -2.90. The SMILES string of the molecule is Cc1cccc(OCC(O)CNC(C)c2ccccc2C)c1.O=C(O)C(=O)O. The van der Waals surface area contributed by atoms with E-state index < -0.39 is 18.0 Å². The highest BCUT2D eigenvalue weighted by Crippen LogP contribution is 2.16. The molecule has 0 aliphatic heterocycles. The molecular weight excluding hydrogens is 362 g/mol. The molecule has 7 heteroatoms. The van der Waals surface area contributed by atoms with Gasteiger partial charge in [0.25, 0.3) is 0 Å². The standard InChI is InChI=1S/C19H25NO2.C2H2O4/c1-14-7-6-9-18(11-14)22-13-17(21)12-20-16(3)19-10-5-4-8-15(19)2;3-1(4)2(5)6/h4-11,16-17,20-21H,12-13H2,1-3H3;(H,3,4)(H,5,6). The van der Waals surface area contributed by atoms with Crippen molar-refractivity contribution in [3.63, 3.8) is 0 Å². The van der Waals surface area contributed by atoms with Crippen LogP contribution >= 0.6 is 0 Å². The number of benzene rings is 2. The number of carboxylic acid groups (broad SMARTS) is 2. The maximum atomic E-state index is 10.1. The van der Waals surface area contributed by atoms with Gasteiger partial charge in [-0.2, -0.15) is 0 Å². The van der Waals surface area contributed by atoms with E-state index in [-0.39, 0.29) is 12.6 Å². The molecule has 0 radical (unpaired) electrons. The molecule has 2 unspecified atom stereocenters. The van der Waals surface area contributed by atoms with Crippen LogP contribution < -0.4 is 10.1 Å². The summed E-state index contributed by atoms with van der Waals surface area (Å²) in [4.78, 5) is 18.2. The highest BCUT2D eigenvalue weighted by atomic mass is 16.5. The van der Waals surface area contributed by atoms with E-state index >= 15 is 0 Å². The monoisotopic (exact) mass is 389 g/mol. The molecule has 152 valence electrons. The van der Waals surface area contributed by atoms with Crippen LogP contribution in [0.15, 0.2) is 48.5 Å². The molecule has 0 aliphatic carbocycles. The molecule has 2 aromatic rings. The highest BCUT2D eigenvalue weighted by Gasteiger charge is 2.11. The van der Waals surface area contributed by atoms with Gasteiger partial charge in [0, 0.05) is 12.6 Å². The zero-order valence-electron chi connectivity index (χ0n) is 16.3. The predicted molar refractivity (Wildman–Crippen MR) is 106 cm³/mol. The number of carboxylic acids is 2. The number of carbonyl (C=O) groups is 2. The van der Waals surface area contributed by atoms with Crippen molar-refractivity contribution in [3.05, 3.63) is 65.2 Å². The van der Waals surface area contributed by atoms with Crippen molar-refractivity contribution in [1.29, 1.82) is 0 Å². The van der Waals surface area contributed by atoms with E-state index in [2.05, 4.69) is 31.3 Å². The van der Waals surface area contributed by atoms with E-state index in [1.807, 2.05) is 43.3 Å². The Kier molecular flexibility index (Phi) is 9.70. The summed E-state index contributed by atoms with van der Waals surface area (Å²) >= 11 is 0. The second-order valence-corrected chi connectivity index (χ2v) is 6.38. The lowest BCUT2D eigenvalue weighted by molar-refractivity contribution is -0.159. The molecule has 0 fully saturated rings. The fourth-order valence-electron chi connectivity index (χ4n) is 2.45. The van der Waals surface area contributed by atoms with Gasteiger partial charge >= 0.3 is 11.9 Å². The van der Waals surface area contributed by atoms with Crippen molar-refractivity contribution in [3.8, 4) is 5.75 Å². The Morgan fingerprint density at radius 3 is 2.25 bits per heavy atom. The molecule has 0 bridgehead atoms. The number of aryl methyl sites for hydroxylation is 2. The summed E-state index contributed by atoms with van der Waals surface area (Å²) in [7, 11) is 0. The number of hydrogen-bond donors (Lipinski definition) is 4. The molecule has 0 aromatic heterocycles. The second kappa shape index (κ2) is 11.7. The average Bonchev–Trinajstić information content (AvgIpc) is 2.65. The third-order valence-corrected chi connectivity index (χ3v) is 3.93. The minimum absolute atomic E-state index is 0.204. The molecule has 0 aliphatic rings. The van der Waals surface area contributed by atoms with E-state index in [9.17, 15) is 5.11 Å². The summed E-state index contributed by atoms with van der Waals surface area (Å²) in [6.45, 7) is 7.02. The Labute approximate surface area is 164 Å². The van der Waals surface area contributed by atoms with Crippen molar-refractivity contribution in [2.24, 2.45) is 0 Å². The average molecular weight is 389 g/mol. The second-order valence-electron chi connectivity index (χ2n) is 6.38. The number of aliphatic carboxylic acids is 2. The third kappa shape index (κ3) is 8.66. The molecule has 0 spiro atoms. The van der Waals surface area contributed by atoms with Crippen LogP contribution in [0, 0.1) is 13.8 Å². The van der Waals surface area contributed by atoms with Crippen molar-refractivity contribution < 1.29 is 29.6 Å². The van der Waals surface area contributed by atoms with Crippen molar-refractivity contribution in [2.45, 2.75) is 32.9 Å². The number of aliphatic hydroxyl groups is 1. The van der Waals surface area contributed by atoms with E-state index in [4.69, 9.17) is 24.5 Å². The van der Waals surface area contributed by atoms with Crippen LogP contribution in [-0.4, -0.2) is 46.5 Å². The van der Waals surface area contributed by atoms with E-state index in [1.165, 1.54) is 11.1 Å². The number of ether oxygens (including phenoxy) is 1. The minimum atomic E-state index is -1.82. The number of nitrogens with one attached hydrogen (secondary N) is 1. The normalized spacial score (nSPS) is 12.3. The molecule has 0 saturated heterocycles. The zero-order chi connectivity index (χ0) is 21.1. The van der Waals surface area contributed by atoms with E-state index in [1.54, 1.807) is 0 Å². The molecule has 7 nitrogen and oxygen atoms in total. The lowest BCUT2D eigenvalue weighted by Gasteiger charge is -2.19. The first-order valence-electron chi connectivity index (χ1n) is 8.83. The third-order valence-electron chi connectivity index (χ3n) is 3.93. The fourth-order valence-corrected chi connectivity index (χ4v) is 2.45. The Morgan fingerprint density at radius 1 is 1.04 bits per heavy atom. The van der Waals surface area contributed by atoms with Gasteiger partial charge in [-0.05, 0) is 49.6 Å². The fraction of sp³-hybridized carbons (Fsp3) is 0.333. The van der Waals surface area contributed by atoms with E-state index in [0.717, 1.165) is 11.3 Å².